The second-order valence-corrected chi connectivity index (χ2v) is 7.87. The van der Waals surface area contributed by atoms with Crippen molar-refractivity contribution in [3.8, 4) is 0 Å². The predicted molar refractivity (Wildman–Crippen MR) is 120 cm³/mol. The van der Waals surface area contributed by atoms with Gasteiger partial charge in [0.15, 0.2) is 5.43 Å². The van der Waals surface area contributed by atoms with Crippen molar-refractivity contribution in [3.63, 3.8) is 0 Å². The Bertz CT molecular complexity index is 1350. The van der Waals surface area contributed by atoms with Crippen LogP contribution in [0.2, 0.25) is 5.02 Å². The maximum absolute atomic E-state index is 13.2. The summed E-state index contributed by atoms with van der Waals surface area (Å²) in [7, 11) is 0. The zero-order valence-electron chi connectivity index (χ0n) is 15.8. The minimum absolute atomic E-state index is 0.193. The third-order valence-electron chi connectivity index (χ3n) is 4.76. The zero-order chi connectivity index (χ0) is 21.4. The van der Waals surface area contributed by atoms with Crippen LogP contribution < -0.4 is 10.7 Å². The third kappa shape index (κ3) is 3.62. The summed E-state index contributed by atoms with van der Waals surface area (Å²) < 4.78 is 14.8. The summed E-state index contributed by atoms with van der Waals surface area (Å²) in [6.45, 7) is -0.332. The molecule has 0 bridgehead atoms. The first-order valence-electron chi connectivity index (χ1n) is 8.96. The van der Waals surface area contributed by atoms with Gasteiger partial charge in [0.25, 0.3) is 0 Å². The number of anilines is 2. The number of benzene rings is 3. The fourth-order valence-electron chi connectivity index (χ4n) is 3.48. The van der Waals surface area contributed by atoms with Crippen LogP contribution in [0.25, 0.3) is 21.8 Å². The van der Waals surface area contributed by atoms with Crippen LogP contribution >= 0.6 is 23.4 Å². The quantitative estimate of drug-likeness (QED) is 0.315. The van der Waals surface area contributed by atoms with Crippen LogP contribution in [0.5, 0.6) is 0 Å². The monoisotopic (exact) mass is 442 g/mol. The van der Waals surface area contributed by atoms with Crippen LogP contribution in [0, 0.1) is 5.82 Å². The summed E-state index contributed by atoms with van der Waals surface area (Å²) in [6, 6.07) is 14.2. The number of carbonyl (C=O) groups is 1. The van der Waals surface area contributed by atoms with Crippen molar-refractivity contribution in [1.29, 1.82) is 0 Å². The van der Waals surface area contributed by atoms with E-state index in [1.165, 1.54) is 23.9 Å². The molecule has 0 spiro atoms. The van der Waals surface area contributed by atoms with E-state index >= 15 is 0 Å². The number of nitrogens with one attached hydrogen (secondary N) is 1. The highest BCUT2D eigenvalue weighted by Crippen LogP contribution is 2.34. The van der Waals surface area contributed by atoms with E-state index < -0.39 is 5.97 Å². The molecule has 152 valence electrons. The van der Waals surface area contributed by atoms with Gasteiger partial charge in [-0.15, -0.1) is 11.8 Å². The van der Waals surface area contributed by atoms with Crippen molar-refractivity contribution in [2.24, 2.45) is 0 Å². The maximum Gasteiger partial charge on any atom is 0.323 e. The highest BCUT2D eigenvalue weighted by atomic mass is 35.5. The molecule has 0 amide bonds. The average molecular weight is 443 g/mol. The molecule has 0 saturated carbocycles. The van der Waals surface area contributed by atoms with E-state index in [1.54, 1.807) is 47.0 Å². The van der Waals surface area contributed by atoms with E-state index in [1.807, 2.05) is 6.26 Å². The van der Waals surface area contributed by atoms with Crippen LogP contribution in [0.3, 0.4) is 0 Å². The highest BCUT2D eigenvalue weighted by molar-refractivity contribution is 7.99. The van der Waals surface area contributed by atoms with Gasteiger partial charge in [-0.1, -0.05) is 11.6 Å². The van der Waals surface area contributed by atoms with E-state index in [9.17, 15) is 19.1 Å². The van der Waals surface area contributed by atoms with Gasteiger partial charge in [0.1, 0.15) is 12.4 Å². The van der Waals surface area contributed by atoms with Crippen LogP contribution in [-0.4, -0.2) is 21.9 Å². The molecule has 30 heavy (non-hydrogen) atoms. The number of fused-ring (bicyclic) bond motifs is 2. The predicted octanol–water partition coefficient (Wildman–Crippen LogP) is 5.50. The van der Waals surface area contributed by atoms with Gasteiger partial charge in [0.05, 0.1) is 21.0 Å². The summed E-state index contributed by atoms with van der Waals surface area (Å²) in [5.41, 5.74) is 2.08. The van der Waals surface area contributed by atoms with Gasteiger partial charge in [-0.2, -0.15) is 0 Å². The number of hydrogen-bond donors (Lipinski definition) is 2. The molecule has 0 aliphatic heterocycles. The average Bonchev–Trinajstić information content (AvgIpc) is 2.72. The number of hydrogen-bond acceptors (Lipinski definition) is 4. The van der Waals surface area contributed by atoms with E-state index in [-0.39, 0.29) is 17.8 Å². The van der Waals surface area contributed by atoms with Crippen molar-refractivity contribution in [2.75, 3.05) is 11.6 Å². The summed E-state index contributed by atoms with van der Waals surface area (Å²) in [4.78, 5) is 25.4. The Morgan fingerprint density at radius 2 is 1.77 bits per heavy atom. The van der Waals surface area contributed by atoms with E-state index in [4.69, 9.17) is 11.6 Å². The van der Waals surface area contributed by atoms with Gasteiger partial charge >= 0.3 is 5.97 Å². The third-order valence-corrected chi connectivity index (χ3v) is 6.01. The van der Waals surface area contributed by atoms with Gasteiger partial charge in [-0.05, 0) is 60.9 Å². The van der Waals surface area contributed by atoms with E-state index in [2.05, 4.69) is 5.32 Å². The number of halogens is 2. The molecule has 0 saturated heterocycles. The minimum atomic E-state index is -1.04. The molecule has 0 aliphatic rings. The highest BCUT2D eigenvalue weighted by Gasteiger charge is 2.18. The van der Waals surface area contributed by atoms with Crippen molar-refractivity contribution in [2.45, 2.75) is 11.4 Å². The molecule has 0 radical (unpaired) electrons. The topological polar surface area (TPSA) is 71.3 Å². The van der Waals surface area contributed by atoms with Gasteiger partial charge in [0, 0.05) is 22.1 Å². The number of rotatable bonds is 5. The number of aromatic nitrogens is 1. The second-order valence-electron chi connectivity index (χ2n) is 6.65. The fraction of sp³-hybridized carbons (Fsp3) is 0.0909. The van der Waals surface area contributed by atoms with Gasteiger partial charge in [0.2, 0.25) is 0 Å². The molecule has 0 atom stereocenters. The molecule has 3 aromatic carbocycles. The lowest BCUT2D eigenvalue weighted by Crippen LogP contribution is -2.16. The first kappa shape index (κ1) is 20.3. The Hall–Kier alpha value is -3.03. The molecule has 4 rings (SSSR count). The number of carboxylic acid groups (broad SMARTS) is 1. The molecule has 8 heteroatoms. The zero-order valence-corrected chi connectivity index (χ0v) is 17.4. The van der Waals surface area contributed by atoms with Crippen molar-refractivity contribution >= 4 is 62.5 Å². The molecule has 1 aromatic heterocycles. The first-order chi connectivity index (χ1) is 14.4. The molecule has 1 heterocycles. The normalized spacial score (nSPS) is 11.2. The Morgan fingerprint density at radius 1 is 1.10 bits per heavy atom. The number of thioether (sulfide) groups is 1. The number of nitrogens with zero attached hydrogens (tertiary/aromatic N) is 1. The molecular weight excluding hydrogens is 427 g/mol. The number of aliphatic carboxylic acids is 1. The van der Waals surface area contributed by atoms with Gasteiger partial charge in [-0.3, -0.25) is 9.59 Å². The Labute approximate surface area is 180 Å². The molecule has 0 fully saturated rings. The molecule has 0 unspecified atom stereocenters. The molecular formula is C22H16ClFN2O3S. The SMILES string of the molecule is CSc1c(Cl)ccc2c(=O)c3ccc(Nc4ccc(F)cc4)cc3n(CC(=O)O)c12. The summed E-state index contributed by atoms with van der Waals surface area (Å²) in [6.07, 6.45) is 1.83. The van der Waals surface area contributed by atoms with Crippen LogP contribution in [-0.2, 0) is 11.3 Å². The maximum atomic E-state index is 13.2. The van der Waals surface area contributed by atoms with Crippen molar-refractivity contribution < 1.29 is 14.3 Å². The minimum Gasteiger partial charge on any atom is -0.480 e. The Morgan fingerprint density at radius 3 is 2.43 bits per heavy atom. The van der Waals surface area contributed by atoms with E-state index in [0.29, 0.717) is 43.1 Å². The lowest BCUT2D eigenvalue weighted by Gasteiger charge is -2.17. The molecule has 2 N–H and O–H groups in total. The summed E-state index contributed by atoms with van der Waals surface area (Å²) in [5, 5.41) is 14.0. The van der Waals surface area contributed by atoms with Gasteiger partial charge in [-0.25, -0.2) is 4.39 Å². The molecule has 0 aliphatic carbocycles. The fourth-order valence-corrected chi connectivity index (χ4v) is 4.54. The van der Waals surface area contributed by atoms with E-state index in [0.717, 1.165) is 0 Å². The first-order valence-corrected chi connectivity index (χ1v) is 10.6. The summed E-state index contributed by atoms with van der Waals surface area (Å²) in [5.74, 6) is -1.38. The Balaban J connectivity index is 2.01. The second kappa shape index (κ2) is 8.01. The lowest BCUT2D eigenvalue weighted by molar-refractivity contribution is -0.137. The molecule has 5 nitrogen and oxygen atoms in total. The van der Waals surface area contributed by atoms with Crippen LogP contribution in [0.4, 0.5) is 15.8 Å². The summed E-state index contributed by atoms with van der Waals surface area (Å²) >= 11 is 7.70. The lowest BCUT2D eigenvalue weighted by atomic mass is 10.1. The number of pyridine rings is 1. The largest absolute Gasteiger partial charge is 0.480 e. The molecule has 4 aromatic rings. The van der Waals surface area contributed by atoms with Crippen LogP contribution in [0.15, 0.2) is 64.3 Å². The number of carboxylic acids is 1. The van der Waals surface area contributed by atoms with Gasteiger partial charge < -0.3 is 15.0 Å². The van der Waals surface area contributed by atoms with Crippen molar-refractivity contribution in [3.05, 3.63) is 75.7 Å². The Kier molecular flexibility index (Phi) is 5.40. The standard InChI is InChI=1S/C22H16ClFN2O3S/c1-30-22-17(23)9-8-16-20(22)26(11-19(27)28)18-10-14(6-7-15(18)21(16)29)25-13-4-2-12(24)3-5-13/h2-10,25H,11H2,1H3,(H,27,28). The smallest absolute Gasteiger partial charge is 0.323 e. The van der Waals surface area contributed by atoms with Crippen molar-refractivity contribution in [1.82, 2.24) is 4.57 Å². The van der Waals surface area contributed by atoms with Crippen LogP contribution in [0.1, 0.15) is 0 Å².